The predicted molar refractivity (Wildman–Crippen MR) is 150 cm³/mol. The van der Waals surface area contributed by atoms with Crippen LogP contribution in [0.5, 0.6) is 5.75 Å². The van der Waals surface area contributed by atoms with Gasteiger partial charge in [-0.2, -0.15) is 0 Å². The highest BCUT2D eigenvalue weighted by atomic mass is 16.5. The number of amides is 2. The third-order valence-corrected chi connectivity index (χ3v) is 7.86. The Hall–Kier alpha value is -3.10. The molecule has 0 spiro atoms. The van der Waals surface area contributed by atoms with Crippen molar-refractivity contribution < 1.29 is 19.4 Å². The lowest BCUT2D eigenvalue weighted by Gasteiger charge is -2.32. The van der Waals surface area contributed by atoms with E-state index in [2.05, 4.69) is 42.3 Å². The minimum absolute atomic E-state index is 0.00211. The van der Waals surface area contributed by atoms with Gasteiger partial charge in [0.2, 0.25) is 5.91 Å². The van der Waals surface area contributed by atoms with E-state index in [0.717, 1.165) is 68.9 Å². The lowest BCUT2D eigenvalue weighted by atomic mass is 9.86. The van der Waals surface area contributed by atoms with E-state index in [1.165, 1.54) is 16.0 Å². The van der Waals surface area contributed by atoms with Gasteiger partial charge in [0, 0.05) is 64.5 Å². The summed E-state index contributed by atoms with van der Waals surface area (Å²) in [4.78, 5) is 30.0. The molecule has 206 valence electrons. The highest BCUT2D eigenvalue weighted by molar-refractivity contribution is 5.94. The number of hydrogen-bond donors (Lipinski definition) is 2. The zero-order valence-electron chi connectivity index (χ0n) is 23.2. The Morgan fingerprint density at radius 3 is 2.55 bits per heavy atom. The summed E-state index contributed by atoms with van der Waals surface area (Å²) in [6.45, 7) is 8.76. The number of benzene rings is 2. The van der Waals surface area contributed by atoms with Crippen LogP contribution in [-0.4, -0.2) is 72.8 Å². The van der Waals surface area contributed by atoms with Gasteiger partial charge in [-0.3, -0.25) is 9.69 Å². The number of carbonyl (C=O) groups is 2. The van der Waals surface area contributed by atoms with Gasteiger partial charge in [0.1, 0.15) is 5.75 Å². The van der Waals surface area contributed by atoms with Crippen LogP contribution >= 0.6 is 0 Å². The lowest BCUT2D eigenvalue weighted by Crippen LogP contribution is -2.48. The van der Waals surface area contributed by atoms with Crippen molar-refractivity contribution in [1.29, 1.82) is 0 Å². The smallest absolute Gasteiger partial charge is 0.407 e. The van der Waals surface area contributed by atoms with Crippen LogP contribution in [0, 0.1) is 12.8 Å². The number of nitrogens with zero attached hydrogens (tertiary/aromatic N) is 3. The Morgan fingerprint density at radius 2 is 1.87 bits per heavy atom. The zero-order chi connectivity index (χ0) is 27.2. The van der Waals surface area contributed by atoms with E-state index < -0.39 is 6.09 Å². The summed E-state index contributed by atoms with van der Waals surface area (Å²) < 4.78 is 6.21. The molecule has 2 N–H and O–H groups in total. The molecule has 0 aromatic heterocycles. The quantitative estimate of drug-likeness (QED) is 0.531. The monoisotopic (exact) mass is 522 g/mol. The molecule has 1 saturated heterocycles. The number of anilines is 1. The minimum Gasteiger partial charge on any atom is -0.490 e. The number of aryl methyl sites for hydroxylation is 1. The zero-order valence-corrected chi connectivity index (χ0v) is 23.2. The fourth-order valence-corrected chi connectivity index (χ4v) is 5.54. The first-order valence-corrected chi connectivity index (χ1v) is 13.7. The van der Waals surface area contributed by atoms with E-state index >= 15 is 0 Å². The van der Waals surface area contributed by atoms with Crippen LogP contribution < -0.4 is 15.0 Å². The van der Waals surface area contributed by atoms with Crippen molar-refractivity contribution >= 4 is 17.7 Å². The molecular formula is C30H42N4O4. The summed E-state index contributed by atoms with van der Waals surface area (Å²) >= 11 is 0. The number of nitrogens with one attached hydrogen (secondary N) is 1. The molecule has 0 radical (unpaired) electrons. The summed E-state index contributed by atoms with van der Waals surface area (Å²) in [5.41, 5.74) is 4.38. The molecule has 1 atom stereocenters. The Morgan fingerprint density at radius 1 is 1.11 bits per heavy atom. The van der Waals surface area contributed by atoms with E-state index in [9.17, 15) is 9.59 Å². The van der Waals surface area contributed by atoms with Crippen molar-refractivity contribution in [3.8, 4) is 5.75 Å². The average molecular weight is 523 g/mol. The molecule has 4 rings (SSSR count). The molecule has 2 aliphatic rings. The second-order valence-electron chi connectivity index (χ2n) is 11.0. The molecular weight excluding hydrogens is 480 g/mol. The Bertz CT molecular complexity index is 1120. The summed E-state index contributed by atoms with van der Waals surface area (Å²) in [7, 11) is 3.44. The number of carbonyl (C=O) groups excluding carboxylic acids is 1. The summed E-state index contributed by atoms with van der Waals surface area (Å²) in [6.07, 6.45) is 2.35. The van der Waals surface area contributed by atoms with Crippen LogP contribution in [0.1, 0.15) is 49.3 Å². The van der Waals surface area contributed by atoms with E-state index in [0.29, 0.717) is 12.6 Å². The Labute approximate surface area is 226 Å². The van der Waals surface area contributed by atoms with Crippen molar-refractivity contribution in [3.05, 3.63) is 59.2 Å². The van der Waals surface area contributed by atoms with Gasteiger partial charge >= 0.3 is 6.09 Å². The Kier molecular flexibility index (Phi) is 9.28. The number of piperazine rings is 1. The van der Waals surface area contributed by atoms with Crippen molar-refractivity contribution in [2.24, 2.45) is 5.92 Å². The number of hydrogen-bond acceptors (Lipinski definition) is 5. The first-order valence-electron chi connectivity index (χ1n) is 13.7. The molecule has 2 fully saturated rings. The van der Waals surface area contributed by atoms with E-state index in [-0.39, 0.29) is 17.9 Å². The topological polar surface area (TPSA) is 85.3 Å². The van der Waals surface area contributed by atoms with Gasteiger partial charge in [-0.1, -0.05) is 18.2 Å². The van der Waals surface area contributed by atoms with Gasteiger partial charge in [-0.05, 0) is 80.5 Å². The molecule has 0 bridgehead atoms. The molecule has 8 heteroatoms. The minimum atomic E-state index is -0.958. The van der Waals surface area contributed by atoms with Crippen molar-refractivity contribution in [2.75, 3.05) is 38.6 Å². The predicted octanol–water partition coefficient (Wildman–Crippen LogP) is 4.50. The molecule has 0 unspecified atom stereocenters. The largest absolute Gasteiger partial charge is 0.490 e. The van der Waals surface area contributed by atoms with Gasteiger partial charge in [0.25, 0.3) is 0 Å². The molecule has 2 amide bonds. The number of rotatable bonds is 8. The van der Waals surface area contributed by atoms with E-state index in [1.807, 2.05) is 36.2 Å². The molecule has 38 heavy (non-hydrogen) atoms. The van der Waals surface area contributed by atoms with Crippen LogP contribution in [0.4, 0.5) is 10.5 Å². The first-order chi connectivity index (χ1) is 18.2. The second-order valence-corrected chi connectivity index (χ2v) is 11.0. The summed E-state index contributed by atoms with van der Waals surface area (Å²) in [6, 6.07) is 14.5. The van der Waals surface area contributed by atoms with Crippen molar-refractivity contribution in [3.63, 3.8) is 0 Å². The van der Waals surface area contributed by atoms with Crippen LogP contribution in [0.25, 0.3) is 0 Å². The van der Waals surface area contributed by atoms with E-state index in [4.69, 9.17) is 9.84 Å². The molecule has 1 aliphatic carbocycles. The maximum Gasteiger partial charge on any atom is 0.407 e. The maximum absolute atomic E-state index is 13.3. The SMILES string of the molecule is Cc1cc(N(C)C(=O)C2CCC(Oc3cccc(CN(C)C(=O)O)c3)CC2)ccc1CN1CCN[C@@H](C)C1. The third kappa shape index (κ3) is 7.26. The fraction of sp³-hybridized carbons (Fsp3) is 0.533. The molecule has 8 nitrogen and oxygen atoms in total. The molecule has 2 aromatic carbocycles. The molecule has 2 aromatic rings. The highest BCUT2D eigenvalue weighted by Gasteiger charge is 2.30. The number of ether oxygens (including phenoxy) is 1. The fourth-order valence-electron chi connectivity index (χ4n) is 5.54. The number of carboxylic acid groups (broad SMARTS) is 1. The van der Waals surface area contributed by atoms with Gasteiger partial charge in [0.15, 0.2) is 0 Å². The lowest BCUT2D eigenvalue weighted by molar-refractivity contribution is -0.123. The van der Waals surface area contributed by atoms with Gasteiger partial charge in [0.05, 0.1) is 6.10 Å². The Balaban J connectivity index is 1.28. The highest BCUT2D eigenvalue weighted by Crippen LogP contribution is 2.31. The van der Waals surface area contributed by atoms with Crippen molar-refractivity contribution in [2.45, 2.75) is 64.8 Å². The van der Waals surface area contributed by atoms with Crippen LogP contribution in [0.15, 0.2) is 42.5 Å². The normalized spacial score (nSPS) is 22.1. The van der Waals surface area contributed by atoms with Gasteiger partial charge in [-0.25, -0.2) is 4.79 Å². The van der Waals surface area contributed by atoms with E-state index in [1.54, 1.807) is 7.05 Å². The maximum atomic E-state index is 13.3. The van der Waals surface area contributed by atoms with Gasteiger partial charge < -0.3 is 25.0 Å². The molecule has 1 heterocycles. The van der Waals surface area contributed by atoms with Crippen LogP contribution in [0.2, 0.25) is 0 Å². The molecule has 1 aliphatic heterocycles. The standard InChI is InChI=1S/C30H42N4O4/c1-21-16-26(11-8-25(21)20-34-15-14-31-22(2)18-34)33(4)29(35)24-9-12-27(13-10-24)38-28-7-5-6-23(17-28)19-32(3)30(36)37/h5-8,11,16-17,22,24,27,31H,9-10,12-15,18-20H2,1-4H3,(H,36,37)/t22-,24?,27?/m0/s1. The average Bonchev–Trinajstić information content (AvgIpc) is 2.89. The van der Waals surface area contributed by atoms with Crippen molar-refractivity contribution in [1.82, 2.24) is 15.1 Å². The van der Waals surface area contributed by atoms with Crippen LogP contribution in [0.3, 0.4) is 0 Å². The second kappa shape index (κ2) is 12.6. The van der Waals surface area contributed by atoms with Crippen LogP contribution in [-0.2, 0) is 17.9 Å². The summed E-state index contributed by atoms with van der Waals surface area (Å²) in [5.74, 6) is 0.918. The summed E-state index contributed by atoms with van der Waals surface area (Å²) in [5, 5.41) is 12.6. The first kappa shape index (κ1) is 27.9. The van der Waals surface area contributed by atoms with Gasteiger partial charge in [-0.15, -0.1) is 0 Å². The third-order valence-electron chi connectivity index (χ3n) is 7.86. The molecule has 1 saturated carbocycles.